The fourth-order valence-electron chi connectivity index (χ4n) is 2.85. The summed E-state index contributed by atoms with van der Waals surface area (Å²) in [4.78, 5) is 13.5. The van der Waals surface area contributed by atoms with Crippen molar-refractivity contribution in [3.05, 3.63) is 40.7 Å². The molecule has 1 unspecified atom stereocenters. The third kappa shape index (κ3) is 3.55. The van der Waals surface area contributed by atoms with Gasteiger partial charge in [-0.2, -0.15) is 0 Å². The summed E-state index contributed by atoms with van der Waals surface area (Å²) in [6.07, 6.45) is 3.65. The molecule has 5 heteroatoms. The Morgan fingerprint density at radius 1 is 1.14 bits per heavy atom. The number of H-pyrrole nitrogens is 2. The third-order valence-corrected chi connectivity index (χ3v) is 4.11. The first-order valence-corrected chi connectivity index (χ1v) is 7.54. The highest BCUT2D eigenvalue weighted by Crippen LogP contribution is 2.20. The Morgan fingerprint density at radius 3 is 2.67 bits per heavy atom. The summed E-state index contributed by atoms with van der Waals surface area (Å²) in [7, 11) is 2.19. The Hall–Kier alpha value is -2.01. The van der Waals surface area contributed by atoms with E-state index in [-0.39, 0.29) is 5.56 Å². The fourth-order valence-corrected chi connectivity index (χ4v) is 2.85. The summed E-state index contributed by atoms with van der Waals surface area (Å²) in [5.41, 5.74) is 2.88. The van der Waals surface area contributed by atoms with Gasteiger partial charge in [-0.15, -0.1) is 0 Å². The van der Waals surface area contributed by atoms with Crippen molar-refractivity contribution >= 4 is 5.69 Å². The zero-order chi connectivity index (χ0) is 14.7. The van der Waals surface area contributed by atoms with Gasteiger partial charge in [0.2, 0.25) is 0 Å². The minimum atomic E-state index is -0.102. The number of nitrogens with zero attached hydrogens (tertiary/aromatic N) is 1. The molecule has 0 aliphatic carbocycles. The van der Waals surface area contributed by atoms with Crippen LogP contribution in [0.4, 0.5) is 5.69 Å². The Kier molecular flexibility index (Phi) is 4.10. The maximum absolute atomic E-state index is 11.1. The molecule has 1 fully saturated rings. The van der Waals surface area contributed by atoms with Crippen LogP contribution in [0, 0.1) is 0 Å². The van der Waals surface area contributed by atoms with Gasteiger partial charge in [0, 0.05) is 17.8 Å². The van der Waals surface area contributed by atoms with E-state index in [1.807, 2.05) is 12.1 Å². The highest BCUT2D eigenvalue weighted by Gasteiger charge is 2.14. The zero-order valence-corrected chi connectivity index (χ0v) is 12.4. The minimum absolute atomic E-state index is 0.102. The average molecular weight is 286 g/mol. The van der Waals surface area contributed by atoms with Crippen LogP contribution in [0.3, 0.4) is 0 Å². The van der Waals surface area contributed by atoms with E-state index in [0.29, 0.717) is 6.04 Å². The summed E-state index contributed by atoms with van der Waals surface area (Å²) in [5.74, 6) is 0. The predicted molar refractivity (Wildman–Crippen MR) is 85.6 cm³/mol. The molecule has 0 spiro atoms. The van der Waals surface area contributed by atoms with Gasteiger partial charge in [0.05, 0.1) is 5.69 Å². The van der Waals surface area contributed by atoms with Gasteiger partial charge in [0.15, 0.2) is 0 Å². The highest BCUT2D eigenvalue weighted by molar-refractivity contribution is 5.62. The first-order valence-electron chi connectivity index (χ1n) is 7.54. The van der Waals surface area contributed by atoms with Crippen LogP contribution in [-0.4, -0.2) is 41.3 Å². The molecule has 2 aromatic rings. The lowest BCUT2D eigenvalue weighted by atomic mass is 10.1. The lowest BCUT2D eigenvalue weighted by Gasteiger charge is -2.18. The van der Waals surface area contributed by atoms with E-state index in [0.717, 1.165) is 23.5 Å². The number of anilines is 1. The molecule has 3 rings (SSSR count). The van der Waals surface area contributed by atoms with Crippen molar-refractivity contribution in [2.24, 2.45) is 0 Å². The molecule has 1 aliphatic rings. The molecule has 5 nitrogen and oxygen atoms in total. The van der Waals surface area contributed by atoms with Crippen molar-refractivity contribution in [3.8, 4) is 11.3 Å². The van der Waals surface area contributed by atoms with Crippen LogP contribution in [0.5, 0.6) is 0 Å². The molecule has 21 heavy (non-hydrogen) atoms. The van der Waals surface area contributed by atoms with Crippen LogP contribution < -0.4 is 10.9 Å². The SMILES string of the molecule is CN1CCCC(Nc2ccc(-c3cc(=O)[nH][nH]3)cc2)CC1. The summed E-state index contributed by atoms with van der Waals surface area (Å²) < 4.78 is 0. The van der Waals surface area contributed by atoms with Crippen molar-refractivity contribution < 1.29 is 0 Å². The molecule has 0 bridgehead atoms. The average Bonchev–Trinajstić information content (AvgIpc) is 2.81. The van der Waals surface area contributed by atoms with E-state index in [1.165, 1.54) is 25.8 Å². The molecule has 3 N–H and O–H groups in total. The van der Waals surface area contributed by atoms with Gasteiger partial charge in [-0.25, -0.2) is 0 Å². The van der Waals surface area contributed by atoms with Gasteiger partial charge in [-0.3, -0.25) is 15.0 Å². The number of aromatic nitrogens is 2. The van der Waals surface area contributed by atoms with Gasteiger partial charge in [0.25, 0.3) is 5.56 Å². The second-order valence-electron chi connectivity index (χ2n) is 5.83. The van der Waals surface area contributed by atoms with Crippen LogP contribution in [-0.2, 0) is 0 Å². The Labute approximate surface area is 124 Å². The summed E-state index contributed by atoms with van der Waals surface area (Å²) >= 11 is 0. The number of rotatable bonds is 3. The van der Waals surface area contributed by atoms with Crippen LogP contribution in [0.2, 0.25) is 0 Å². The number of hydrogen-bond donors (Lipinski definition) is 3. The molecule has 1 aromatic heterocycles. The maximum atomic E-state index is 11.1. The van der Waals surface area contributed by atoms with E-state index >= 15 is 0 Å². The summed E-state index contributed by atoms with van der Waals surface area (Å²) in [6, 6.07) is 10.3. The smallest absolute Gasteiger partial charge is 0.264 e. The molecule has 112 valence electrons. The lowest BCUT2D eigenvalue weighted by molar-refractivity contribution is 0.348. The van der Waals surface area contributed by atoms with E-state index < -0.39 is 0 Å². The van der Waals surface area contributed by atoms with Gasteiger partial charge >= 0.3 is 0 Å². The molecule has 2 heterocycles. The second-order valence-corrected chi connectivity index (χ2v) is 5.83. The van der Waals surface area contributed by atoms with Crippen LogP contribution in [0.15, 0.2) is 35.1 Å². The summed E-state index contributed by atoms with van der Waals surface area (Å²) in [6.45, 7) is 2.35. The molecule has 0 radical (unpaired) electrons. The highest BCUT2D eigenvalue weighted by atomic mass is 16.1. The normalized spacial score (nSPS) is 20.1. The number of hydrogen-bond acceptors (Lipinski definition) is 3. The molecule has 0 amide bonds. The molecule has 1 saturated heterocycles. The van der Waals surface area contributed by atoms with E-state index in [2.05, 4.69) is 39.6 Å². The fraction of sp³-hybridized carbons (Fsp3) is 0.438. The van der Waals surface area contributed by atoms with Gasteiger partial charge in [0.1, 0.15) is 0 Å². The monoisotopic (exact) mass is 286 g/mol. The molecule has 1 aromatic carbocycles. The molecule has 1 aliphatic heterocycles. The van der Waals surface area contributed by atoms with E-state index in [4.69, 9.17) is 0 Å². The summed E-state index contributed by atoms with van der Waals surface area (Å²) in [5, 5.41) is 9.05. The van der Waals surface area contributed by atoms with Crippen molar-refractivity contribution in [2.75, 3.05) is 25.5 Å². The minimum Gasteiger partial charge on any atom is -0.382 e. The zero-order valence-electron chi connectivity index (χ0n) is 12.4. The van der Waals surface area contributed by atoms with Crippen molar-refractivity contribution in [1.82, 2.24) is 15.1 Å². The van der Waals surface area contributed by atoms with Gasteiger partial charge in [-0.1, -0.05) is 12.1 Å². The Balaban J connectivity index is 1.65. The van der Waals surface area contributed by atoms with Gasteiger partial charge < -0.3 is 10.2 Å². The van der Waals surface area contributed by atoms with Crippen molar-refractivity contribution in [2.45, 2.75) is 25.3 Å². The van der Waals surface area contributed by atoms with E-state index in [9.17, 15) is 4.79 Å². The Bertz CT molecular complexity index is 628. The van der Waals surface area contributed by atoms with E-state index in [1.54, 1.807) is 6.07 Å². The van der Waals surface area contributed by atoms with Crippen molar-refractivity contribution in [1.29, 1.82) is 0 Å². The van der Waals surface area contributed by atoms with Crippen molar-refractivity contribution in [3.63, 3.8) is 0 Å². The molecule has 1 atom stereocenters. The molecule has 0 saturated carbocycles. The quantitative estimate of drug-likeness (QED) is 0.811. The molecular formula is C16H22N4O. The van der Waals surface area contributed by atoms with Crippen LogP contribution in [0.25, 0.3) is 11.3 Å². The lowest BCUT2D eigenvalue weighted by Crippen LogP contribution is -2.22. The molecular weight excluding hydrogens is 264 g/mol. The number of likely N-dealkylation sites (tertiary alicyclic amines) is 1. The number of aromatic amines is 2. The van der Waals surface area contributed by atoms with Crippen LogP contribution >= 0.6 is 0 Å². The first-order chi connectivity index (χ1) is 10.2. The Morgan fingerprint density at radius 2 is 1.95 bits per heavy atom. The standard InChI is InChI=1S/C16H22N4O/c1-20-9-2-3-13(8-10-20)17-14-6-4-12(5-7-14)15-11-16(21)19-18-15/h4-7,11,13,17H,2-3,8-10H2,1H3,(H2,18,19,21). The van der Waals surface area contributed by atoms with Crippen LogP contribution in [0.1, 0.15) is 19.3 Å². The number of nitrogens with one attached hydrogen (secondary N) is 3. The topological polar surface area (TPSA) is 63.9 Å². The van der Waals surface area contributed by atoms with Gasteiger partial charge in [-0.05, 0) is 57.1 Å². The predicted octanol–water partition coefficient (Wildman–Crippen LogP) is 2.27. The maximum Gasteiger partial charge on any atom is 0.264 e. The second kappa shape index (κ2) is 6.18. The largest absolute Gasteiger partial charge is 0.382 e. The third-order valence-electron chi connectivity index (χ3n) is 4.11. The number of benzene rings is 1. The first kappa shape index (κ1) is 13.9.